The lowest BCUT2D eigenvalue weighted by molar-refractivity contribution is -0.0874. The molecular formula is C12H14Br3NO2. The van der Waals surface area contributed by atoms with Gasteiger partial charge in [0.25, 0.3) is 0 Å². The quantitative estimate of drug-likeness (QED) is 0.769. The highest BCUT2D eigenvalue weighted by Gasteiger charge is 2.42. The van der Waals surface area contributed by atoms with Crippen LogP contribution >= 0.6 is 47.8 Å². The molecular weight excluding hydrogens is 430 g/mol. The van der Waals surface area contributed by atoms with Crippen LogP contribution in [0, 0.1) is 0 Å². The average molecular weight is 444 g/mol. The molecule has 0 spiro atoms. The minimum atomic E-state index is 0.0845. The number of ether oxygens (including phenoxy) is 2. The highest BCUT2D eigenvalue weighted by Crippen LogP contribution is 2.39. The second kappa shape index (κ2) is 6.22. The summed E-state index contributed by atoms with van der Waals surface area (Å²) in [5, 5.41) is 3.22. The van der Waals surface area contributed by atoms with Gasteiger partial charge >= 0.3 is 0 Å². The fourth-order valence-electron chi connectivity index (χ4n) is 2.09. The highest BCUT2D eigenvalue weighted by molar-refractivity contribution is 9.11. The zero-order chi connectivity index (χ0) is 13.3. The zero-order valence-electron chi connectivity index (χ0n) is 10.0. The summed E-state index contributed by atoms with van der Waals surface area (Å²) < 4.78 is 14.3. The Morgan fingerprint density at radius 2 is 1.83 bits per heavy atom. The standard InChI is InChI=1S/C12H14Br3NO2/c1-16-9-5-10(12(9)17-2)18-11-7(14)3-6(13)4-8(11)15/h3-4,9-10,12,16H,5H2,1-2H3. The first kappa shape index (κ1) is 14.8. The molecule has 1 aliphatic carbocycles. The third-order valence-electron chi connectivity index (χ3n) is 3.12. The number of halogens is 3. The van der Waals surface area contributed by atoms with Crippen molar-refractivity contribution in [2.24, 2.45) is 0 Å². The van der Waals surface area contributed by atoms with E-state index in [1.807, 2.05) is 19.2 Å². The Hall–Kier alpha value is 0.380. The molecule has 0 aromatic heterocycles. The van der Waals surface area contributed by atoms with Crippen LogP contribution in [-0.4, -0.2) is 32.4 Å². The Morgan fingerprint density at radius 1 is 1.22 bits per heavy atom. The van der Waals surface area contributed by atoms with Crippen molar-refractivity contribution in [3.05, 3.63) is 25.6 Å². The van der Waals surface area contributed by atoms with Crippen molar-refractivity contribution in [2.45, 2.75) is 24.7 Å². The third kappa shape index (κ3) is 2.93. The van der Waals surface area contributed by atoms with Gasteiger partial charge in [0.1, 0.15) is 18.0 Å². The van der Waals surface area contributed by atoms with Gasteiger partial charge in [-0.25, -0.2) is 0 Å². The molecule has 1 N–H and O–H groups in total. The van der Waals surface area contributed by atoms with Gasteiger partial charge in [-0.1, -0.05) is 15.9 Å². The van der Waals surface area contributed by atoms with Gasteiger partial charge in [0, 0.05) is 24.0 Å². The predicted octanol–water partition coefficient (Wildman–Crippen LogP) is 3.73. The van der Waals surface area contributed by atoms with Crippen molar-refractivity contribution >= 4 is 47.8 Å². The fourth-order valence-corrected chi connectivity index (χ4v) is 4.53. The summed E-state index contributed by atoms with van der Waals surface area (Å²) in [5.41, 5.74) is 0. The van der Waals surface area contributed by atoms with E-state index in [1.54, 1.807) is 7.11 Å². The molecule has 1 aromatic rings. The van der Waals surface area contributed by atoms with Crippen molar-refractivity contribution < 1.29 is 9.47 Å². The largest absolute Gasteiger partial charge is 0.485 e. The zero-order valence-corrected chi connectivity index (χ0v) is 14.8. The molecule has 1 aromatic carbocycles. The smallest absolute Gasteiger partial charge is 0.148 e. The molecule has 0 radical (unpaired) electrons. The van der Waals surface area contributed by atoms with E-state index < -0.39 is 0 Å². The van der Waals surface area contributed by atoms with Crippen molar-refractivity contribution in [3.63, 3.8) is 0 Å². The molecule has 0 bridgehead atoms. The third-order valence-corrected chi connectivity index (χ3v) is 4.76. The van der Waals surface area contributed by atoms with Crippen LogP contribution in [0.2, 0.25) is 0 Å². The van der Waals surface area contributed by atoms with Crippen LogP contribution in [0.4, 0.5) is 0 Å². The monoisotopic (exact) mass is 441 g/mol. The van der Waals surface area contributed by atoms with Gasteiger partial charge in [0.05, 0.1) is 8.95 Å². The summed E-state index contributed by atoms with van der Waals surface area (Å²) in [7, 11) is 3.66. The number of benzene rings is 1. The van der Waals surface area contributed by atoms with E-state index in [9.17, 15) is 0 Å². The van der Waals surface area contributed by atoms with Crippen molar-refractivity contribution in [1.82, 2.24) is 5.32 Å². The van der Waals surface area contributed by atoms with E-state index in [0.717, 1.165) is 25.6 Å². The van der Waals surface area contributed by atoms with Crippen molar-refractivity contribution in [1.29, 1.82) is 0 Å². The number of hydrogen-bond donors (Lipinski definition) is 1. The van der Waals surface area contributed by atoms with Gasteiger partial charge in [-0.05, 0) is 51.0 Å². The van der Waals surface area contributed by atoms with Crippen LogP contribution in [0.15, 0.2) is 25.6 Å². The summed E-state index contributed by atoms with van der Waals surface area (Å²) in [6.45, 7) is 0. The molecule has 6 heteroatoms. The Kier molecular flexibility index (Phi) is 5.11. The van der Waals surface area contributed by atoms with E-state index in [2.05, 4.69) is 53.1 Å². The van der Waals surface area contributed by atoms with Crippen LogP contribution in [0.3, 0.4) is 0 Å². The number of likely N-dealkylation sites (N-methyl/N-ethyl adjacent to an activating group) is 1. The van der Waals surface area contributed by atoms with E-state index in [-0.39, 0.29) is 12.2 Å². The van der Waals surface area contributed by atoms with Crippen LogP contribution in [0.25, 0.3) is 0 Å². The molecule has 1 aliphatic rings. The first-order valence-corrected chi connectivity index (χ1v) is 7.96. The summed E-state index contributed by atoms with van der Waals surface area (Å²) in [4.78, 5) is 0. The summed E-state index contributed by atoms with van der Waals surface area (Å²) in [6, 6.07) is 4.31. The highest BCUT2D eigenvalue weighted by atomic mass is 79.9. The molecule has 3 nitrogen and oxygen atoms in total. The fraction of sp³-hybridized carbons (Fsp3) is 0.500. The minimum Gasteiger partial charge on any atom is -0.485 e. The summed E-state index contributed by atoms with van der Waals surface area (Å²) >= 11 is 10.5. The molecule has 1 saturated carbocycles. The predicted molar refractivity (Wildman–Crippen MR) is 82.2 cm³/mol. The molecule has 2 rings (SSSR count). The van der Waals surface area contributed by atoms with E-state index in [4.69, 9.17) is 9.47 Å². The number of rotatable bonds is 4. The van der Waals surface area contributed by atoms with E-state index >= 15 is 0 Å². The minimum absolute atomic E-state index is 0.0845. The Labute approximate surface area is 132 Å². The van der Waals surface area contributed by atoms with Crippen LogP contribution < -0.4 is 10.1 Å². The van der Waals surface area contributed by atoms with Gasteiger partial charge < -0.3 is 14.8 Å². The van der Waals surface area contributed by atoms with Crippen LogP contribution in [-0.2, 0) is 4.74 Å². The maximum Gasteiger partial charge on any atom is 0.148 e. The summed E-state index contributed by atoms with van der Waals surface area (Å²) in [6.07, 6.45) is 1.13. The molecule has 0 amide bonds. The topological polar surface area (TPSA) is 30.5 Å². The SMILES string of the molecule is CNC1CC(Oc2c(Br)cc(Br)cc2Br)C1OC. The van der Waals surface area contributed by atoms with Gasteiger partial charge in [-0.2, -0.15) is 0 Å². The van der Waals surface area contributed by atoms with Gasteiger partial charge in [0.2, 0.25) is 0 Å². The maximum absolute atomic E-state index is 6.02. The molecule has 0 saturated heterocycles. The lowest BCUT2D eigenvalue weighted by atomic mass is 9.85. The molecule has 0 heterocycles. The number of nitrogens with one attached hydrogen (secondary N) is 1. The molecule has 1 fully saturated rings. The van der Waals surface area contributed by atoms with Crippen molar-refractivity contribution in [3.8, 4) is 5.75 Å². The van der Waals surface area contributed by atoms with Gasteiger partial charge in [0.15, 0.2) is 0 Å². The average Bonchev–Trinajstić information content (AvgIpc) is 2.26. The molecule has 3 unspecified atom stereocenters. The van der Waals surface area contributed by atoms with Crippen LogP contribution in [0.1, 0.15) is 6.42 Å². The lowest BCUT2D eigenvalue weighted by Gasteiger charge is -2.43. The first-order valence-electron chi connectivity index (χ1n) is 5.58. The lowest BCUT2D eigenvalue weighted by Crippen LogP contribution is -2.60. The molecule has 0 aliphatic heterocycles. The van der Waals surface area contributed by atoms with Gasteiger partial charge in [-0.3, -0.25) is 0 Å². The Bertz CT molecular complexity index is 418. The second-order valence-corrected chi connectivity index (χ2v) is 6.81. The Morgan fingerprint density at radius 3 is 2.33 bits per heavy atom. The molecule has 100 valence electrons. The number of methoxy groups -OCH3 is 1. The molecule has 18 heavy (non-hydrogen) atoms. The summed E-state index contributed by atoms with van der Waals surface area (Å²) in [5.74, 6) is 0.819. The maximum atomic E-state index is 6.02. The Balaban J connectivity index is 2.11. The number of hydrogen-bond acceptors (Lipinski definition) is 3. The van der Waals surface area contributed by atoms with Gasteiger partial charge in [-0.15, -0.1) is 0 Å². The van der Waals surface area contributed by atoms with Crippen molar-refractivity contribution in [2.75, 3.05) is 14.2 Å². The second-order valence-electron chi connectivity index (χ2n) is 4.19. The normalized spacial score (nSPS) is 26.8. The van der Waals surface area contributed by atoms with Crippen LogP contribution in [0.5, 0.6) is 5.75 Å². The first-order chi connectivity index (χ1) is 8.56. The van der Waals surface area contributed by atoms with E-state index in [1.165, 1.54) is 0 Å². The molecule has 3 atom stereocenters. The van der Waals surface area contributed by atoms with E-state index in [0.29, 0.717) is 6.04 Å².